The Balaban J connectivity index is 1.63. The van der Waals surface area contributed by atoms with Gasteiger partial charge in [0.2, 0.25) is 16.9 Å². The fourth-order valence-electron chi connectivity index (χ4n) is 3.12. The molecular formula is C19H24N4O3S. The number of carbonyl (C=O) groups excluding carboxylic acids is 2. The van der Waals surface area contributed by atoms with Crippen molar-refractivity contribution < 1.29 is 14.3 Å². The molecule has 1 unspecified atom stereocenters. The summed E-state index contributed by atoms with van der Waals surface area (Å²) >= 11 is 1.31. The van der Waals surface area contributed by atoms with Gasteiger partial charge in [0.25, 0.3) is 0 Å². The maximum absolute atomic E-state index is 12.7. The molecule has 3 rings (SSSR count). The van der Waals surface area contributed by atoms with Crippen LogP contribution in [0.4, 0.5) is 5.13 Å². The van der Waals surface area contributed by atoms with E-state index in [0.717, 1.165) is 35.6 Å². The van der Waals surface area contributed by atoms with Crippen LogP contribution >= 0.6 is 11.3 Å². The number of carbonyl (C=O) groups is 2. The molecule has 27 heavy (non-hydrogen) atoms. The molecule has 0 bridgehead atoms. The van der Waals surface area contributed by atoms with Gasteiger partial charge in [-0.2, -0.15) is 0 Å². The number of anilines is 1. The molecule has 8 heteroatoms. The number of unbranched alkanes of at least 4 members (excludes halogenated alkanes) is 1. The first kappa shape index (κ1) is 19.3. The normalized spacial score (nSPS) is 16.4. The van der Waals surface area contributed by atoms with Gasteiger partial charge in [-0.1, -0.05) is 24.7 Å². The van der Waals surface area contributed by atoms with Crippen molar-refractivity contribution >= 4 is 28.3 Å². The van der Waals surface area contributed by atoms with E-state index < -0.39 is 6.04 Å². The molecule has 1 atom stereocenters. The number of ether oxygens (including phenoxy) is 1. The van der Waals surface area contributed by atoms with E-state index in [4.69, 9.17) is 4.74 Å². The summed E-state index contributed by atoms with van der Waals surface area (Å²) in [6.07, 6.45) is 3.86. The second-order valence-electron chi connectivity index (χ2n) is 6.48. The van der Waals surface area contributed by atoms with Gasteiger partial charge in [0, 0.05) is 18.5 Å². The molecule has 1 fully saturated rings. The number of nitrogens with zero attached hydrogens (tertiary/aromatic N) is 3. The van der Waals surface area contributed by atoms with Crippen molar-refractivity contribution in [2.24, 2.45) is 0 Å². The first-order valence-electron chi connectivity index (χ1n) is 9.20. The van der Waals surface area contributed by atoms with E-state index >= 15 is 0 Å². The second kappa shape index (κ2) is 8.94. The minimum Gasteiger partial charge on any atom is -0.497 e. The first-order chi connectivity index (χ1) is 13.1. The molecule has 144 valence electrons. The van der Waals surface area contributed by atoms with Gasteiger partial charge in [0.05, 0.1) is 7.11 Å². The summed E-state index contributed by atoms with van der Waals surface area (Å²) in [6.45, 7) is 2.70. The Kier molecular flexibility index (Phi) is 6.39. The molecule has 0 saturated carbocycles. The van der Waals surface area contributed by atoms with E-state index in [9.17, 15) is 9.59 Å². The lowest BCUT2D eigenvalue weighted by atomic mass is 10.2. The Morgan fingerprint density at radius 2 is 2.07 bits per heavy atom. The van der Waals surface area contributed by atoms with Gasteiger partial charge in [-0.25, -0.2) is 0 Å². The quantitative estimate of drug-likeness (QED) is 0.786. The van der Waals surface area contributed by atoms with Gasteiger partial charge in [0.1, 0.15) is 16.8 Å². The molecule has 1 aromatic carbocycles. The highest BCUT2D eigenvalue weighted by Gasteiger charge is 2.34. The fourth-order valence-corrected chi connectivity index (χ4v) is 3.87. The number of amides is 2. The molecule has 1 saturated heterocycles. The van der Waals surface area contributed by atoms with E-state index in [0.29, 0.717) is 24.5 Å². The van der Waals surface area contributed by atoms with Crippen molar-refractivity contribution in [2.45, 2.75) is 45.1 Å². The van der Waals surface area contributed by atoms with Crippen molar-refractivity contribution in [3.63, 3.8) is 0 Å². The molecule has 1 N–H and O–H groups in total. The number of nitrogens with one attached hydrogen (secondary N) is 1. The van der Waals surface area contributed by atoms with Crippen LogP contribution in [0.25, 0.3) is 10.6 Å². The highest BCUT2D eigenvalue weighted by Crippen LogP contribution is 2.28. The lowest BCUT2D eigenvalue weighted by Crippen LogP contribution is -2.43. The van der Waals surface area contributed by atoms with Crippen LogP contribution in [-0.2, 0) is 9.59 Å². The zero-order valence-corrected chi connectivity index (χ0v) is 16.4. The summed E-state index contributed by atoms with van der Waals surface area (Å²) in [6, 6.07) is 7.09. The Morgan fingerprint density at radius 1 is 1.30 bits per heavy atom. The average molecular weight is 388 g/mol. The largest absolute Gasteiger partial charge is 0.497 e. The third-order valence-electron chi connectivity index (χ3n) is 4.61. The third kappa shape index (κ3) is 4.63. The molecule has 2 amide bonds. The summed E-state index contributed by atoms with van der Waals surface area (Å²) in [5.41, 5.74) is 0.908. The van der Waals surface area contributed by atoms with Crippen molar-refractivity contribution in [3.05, 3.63) is 24.3 Å². The zero-order chi connectivity index (χ0) is 19.2. The summed E-state index contributed by atoms with van der Waals surface area (Å²) in [4.78, 5) is 26.7. The fraction of sp³-hybridized carbons (Fsp3) is 0.474. The minimum absolute atomic E-state index is 0.0608. The highest BCUT2D eigenvalue weighted by molar-refractivity contribution is 7.18. The van der Waals surface area contributed by atoms with Crippen LogP contribution in [0.3, 0.4) is 0 Å². The number of hydrogen-bond acceptors (Lipinski definition) is 6. The average Bonchev–Trinajstić information content (AvgIpc) is 3.36. The highest BCUT2D eigenvalue weighted by atomic mass is 32.1. The van der Waals surface area contributed by atoms with Crippen molar-refractivity contribution in [1.29, 1.82) is 0 Å². The molecular weight excluding hydrogens is 364 g/mol. The molecule has 1 aromatic heterocycles. The van der Waals surface area contributed by atoms with Crippen LogP contribution in [0.15, 0.2) is 24.3 Å². The molecule has 7 nitrogen and oxygen atoms in total. The van der Waals surface area contributed by atoms with Crippen LogP contribution in [-0.4, -0.2) is 46.6 Å². The maximum atomic E-state index is 12.7. The van der Waals surface area contributed by atoms with Gasteiger partial charge in [-0.3, -0.25) is 14.9 Å². The predicted molar refractivity (Wildman–Crippen MR) is 105 cm³/mol. The summed E-state index contributed by atoms with van der Waals surface area (Å²) in [5, 5.41) is 12.2. The Hall–Kier alpha value is -2.48. The lowest BCUT2D eigenvalue weighted by molar-refractivity contribution is -0.136. The summed E-state index contributed by atoms with van der Waals surface area (Å²) < 4.78 is 5.15. The van der Waals surface area contributed by atoms with Crippen LogP contribution in [0.1, 0.15) is 39.0 Å². The minimum atomic E-state index is -0.414. The second-order valence-corrected chi connectivity index (χ2v) is 7.46. The number of rotatable bonds is 7. The summed E-state index contributed by atoms with van der Waals surface area (Å²) in [5.74, 6) is 0.645. The number of likely N-dealkylation sites (tertiary alicyclic amines) is 1. The number of aromatic nitrogens is 2. The molecule has 2 aromatic rings. The SMILES string of the molecule is CCCCC(=O)N1CCCC1C(=O)Nc1nnc(-c2ccc(OC)cc2)s1. The van der Waals surface area contributed by atoms with Crippen LogP contribution in [0.2, 0.25) is 0 Å². The monoisotopic (exact) mass is 388 g/mol. The molecule has 0 spiro atoms. The molecule has 2 heterocycles. The van der Waals surface area contributed by atoms with Gasteiger partial charge < -0.3 is 9.64 Å². The van der Waals surface area contributed by atoms with Crippen molar-refractivity contribution in [3.8, 4) is 16.3 Å². The maximum Gasteiger partial charge on any atom is 0.249 e. The molecule has 0 aliphatic carbocycles. The number of methoxy groups -OCH3 is 1. The van der Waals surface area contributed by atoms with Gasteiger partial charge in [-0.05, 0) is 43.5 Å². The zero-order valence-electron chi connectivity index (χ0n) is 15.6. The van der Waals surface area contributed by atoms with E-state index in [1.54, 1.807) is 12.0 Å². The standard InChI is InChI=1S/C19H24N4O3S/c1-3-4-7-16(24)23-12-5-6-15(23)17(25)20-19-22-21-18(27-19)13-8-10-14(26-2)11-9-13/h8-11,15H,3-7,12H2,1-2H3,(H,20,22,25). The Bertz CT molecular complexity index is 791. The van der Waals surface area contributed by atoms with E-state index in [1.807, 2.05) is 24.3 Å². The van der Waals surface area contributed by atoms with Crippen LogP contribution in [0, 0.1) is 0 Å². The first-order valence-corrected chi connectivity index (χ1v) is 10.0. The molecule has 1 aliphatic rings. The van der Waals surface area contributed by atoms with Crippen LogP contribution < -0.4 is 10.1 Å². The van der Waals surface area contributed by atoms with Crippen molar-refractivity contribution in [2.75, 3.05) is 19.0 Å². The van der Waals surface area contributed by atoms with Gasteiger partial charge in [-0.15, -0.1) is 10.2 Å². The van der Waals surface area contributed by atoms with E-state index in [-0.39, 0.29) is 11.8 Å². The predicted octanol–water partition coefficient (Wildman–Crippen LogP) is 3.33. The molecule has 1 aliphatic heterocycles. The number of hydrogen-bond donors (Lipinski definition) is 1. The van der Waals surface area contributed by atoms with Gasteiger partial charge in [0.15, 0.2) is 0 Å². The Morgan fingerprint density at radius 3 is 2.78 bits per heavy atom. The topological polar surface area (TPSA) is 84.4 Å². The lowest BCUT2D eigenvalue weighted by Gasteiger charge is -2.23. The van der Waals surface area contributed by atoms with E-state index in [1.165, 1.54) is 11.3 Å². The van der Waals surface area contributed by atoms with E-state index in [2.05, 4.69) is 22.4 Å². The summed E-state index contributed by atoms with van der Waals surface area (Å²) in [7, 11) is 1.62. The number of benzene rings is 1. The van der Waals surface area contributed by atoms with Crippen molar-refractivity contribution in [1.82, 2.24) is 15.1 Å². The molecule has 0 radical (unpaired) electrons. The smallest absolute Gasteiger partial charge is 0.249 e. The van der Waals surface area contributed by atoms with Gasteiger partial charge >= 0.3 is 0 Å². The third-order valence-corrected chi connectivity index (χ3v) is 5.50. The van der Waals surface area contributed by atoms with Crippen LogP contribution in [0.5, 0.6) is 5.75 Å². The Labute approximate surface area is 162 Å².